The molecule has 0 aliphatic rings. The fraction of sp³-hybridized carbons (Fsp3) is 1.00. The van der Waals surface area contributed by atoms with E-state index in [-0.39, 0.29) is 0 Å². The van der Waals surface area contributed by atoms with E-state index in [1.54, 1.807) is 0 Å². The Labute approximate surface area is 47.2 Å². The first-order chi connectivity index (χ1) is 2.73. The van der Waals surface area contributed by atoms with Gasteiger partial charge in [0.2, 0.25) is 0 Å². The Morgan fingerprint density at radius 3 is 1.50 bits per heavy atom. The Morgan fingerprint density at radius 2 is 1.50 bits per heavy atom. The van der Waals surface area contributed by atoms with Crippen LogP contribution in [-0.4, -0.2) is 26.1 Å². The molecule has 0 radical (unpaired) electrons. The second kappa shape index (κ2) is 9.08. The van der Waals surface area contributed by atoms with Gasteiger partial charge in [0.1, 0.15) is 0 Å². The van der Waals surface area contributed by atoms with E-state index in [4.69, 9.17) is 8.42 Å². The summed E-state index contributed by atoms with van der Waals surface area (Å²) in [7, 11) is 0. The summed E-state index contributed by atoms with van der Waals surface area (Å²) in [5, 5.41) is 0. The minimum absolute atomic E-state index is 2.00. The molecule has 0 spiro atoms. The second-order valence-electron chi connectivity index (χ2n) is 0.213. The molecule has 0 N–H and O–H groups in total. The molecule has 0 rings (SSSR count). The van der Waals surface area contributed by atoms with Gasteiger partial charge in [-0.25, -0.2) is 0 Å². The molecule has 0 saturated carbocycles. The van der Waals surface area contributed by atoms with Crippen LogP contribution in [0.25, 0.3) is 0 Å². The average molecular weight is 106 g/mol. The molecule has 0 amide bonds. The van der Waals surface area contributed by atoms with Gasteiger partial charge in [0.05, 0.1) is 0 Å². The first kappa shape index (κ1) is 9.69. The standard InChI is InChI=1S/CH3.FHO2S.Li/c;1-4(2)3;/h1H3;4H;. The molecule has 0 aliphatic heterocycles. The van der Waals surface area contributed by atoms with Crippen molar-refractivity contribution < 1.29 is 12.3 Å². The quantitative estimate of drug-likeness (QED) is 0.261. The molecule has 0 aromatic carbocycles. The first-order valence-corrected chi connectivity index (χ1v) is 2.60. The van der Waals surface area contributed by atoms with Crippen LogP contribution < -0.4 is 0 Å². The van der Waals surface area contributed by atoms with Gasteiger partial charge in [0.25, 0.3) is 11.1 Å². The van der Waals surface area contributed by atoms with Crippen molar-refractivity contribution >= 4 is 28.8 Å². The van der Waals surface area contributed by atoms with Crippen LogP contribution in [-0.2, 0) is 11.1 Å². The summed E-state index contributed by atoms with van der Waals surface area (Å²) in [6.45, 7) is 0. The van der Waals surface area contributed by atoms with E-state index in [1.807, 2.05) is 23.3 Å². The molecule has 0 heterocycles. The Morgan fingerprint density at radius 1 is 1.50 bits per heavy atom. The van der Waals surface area contributed by atoms with Gasteiger partial charge in [0.15, 0.2) is 0 Å². The molecule has 5 heteroatoms. The summed E-state index contributed by atoms with van der Waals surface area (Å²) >= 11 is -1.62. The van der Waals surface area contributed by atoms with Crippen LogP contribution in [0.15, 0.2) is 0 Å². The molecule has 0 aromatic heterocycles. The maximum absolute atomic E-state index is 9.95. The van der Waals surface area contributed by atoms with Crippen LogP contribution in [0.5, 0.6) is 0 Å². The summed E-state index contributed by atoms with van der Waals surface area (Å²) in [6, 6.07) is 0. The van der Waals surface area contributed by atoms with Gasteiger partial charge in [-0.3, -0.25) is 0 Å². The predicted molar refractivity (Wildman–Crippen MR) is 23.0 cm³/mol. The van der Waals surface area contributed by atoms with Crippen molar-refractivity contribution in [3.8, 4) is 0 Å². The van der Waals surface area contributed by atoms with Crippen molar-refractivity contribution in [1.82, 2.24) is 0 Å². The van der Waals surface area contributed by atoms with Gasteiger partial charge in [-0.2, -0.15) is 8.42 Å². The third-order valence-corrected chi connectivity index (χ3v) is 0. The van der Waals surface area contributed by atoms with Crippen LogP contribution in [0.2, 0.25) is 5.60 Å². The molecule has 0 aliphatic carbocycles. The maximum atomic E-state index is 9.95. The Hall–Kier alpha value is 0.477. The molecule has 6 heavy (non-hydrogen) atoms. The zero-order chi connectivity index (χ0) is 5.58. The molecular formula is CH4FLiO2S. The van der Waals surface area contributed by atoms with Crippen molar-refractivity contribution in [2.45, 2.75) is 5.60 Å². The zero-order valence-electron chi connectivity index (χ0n) is 3.64. The van der Waals surface area contributed by atoms with Gasteiger partial charge in [0, 0.05) is 0 Å². The Kier molecular flexibility index (Phi) is 14.7. The summed E-state index contributed by atoms with van der Waals surface area (Å²) in [5.41, 5.74) is 2.00. The van der Waals surface area contributed by atoms with E-state index >= 15 is 0 Å². The molecule has 0 saturated heterocycles. The minimum atomic E-state index is -3.62. The Balaban J connectivity index is 0. The van der Waals surface area contributed by atoms with Gasteiger partial charge >= 0.3 is 23.3 Å². The fourth-order valence-electron chi connectivity index (χ4n) is 0. The normalized spacial score (nSPS) is 6.83. The average Bonchev–Trinajstić information content (AvgIpc) is 1.41. The second-order valence-corrected chi connectivity index (χ2v) is 0.638. The number of hydrogen-bond acceptors (Lipinski definition) is 2. The topological polar surface area (TPSA) is 34.1 Å². The molecule has 0 unspecified atom stereocenters. The number of rotatable bonds is 0. The summed E-state index contributed by atoms with van der Waals surface area (Å²) in [6.07, 6.45) is 0. The fourth-order valence-corrected chi connectivity index (χ4v) is 0. The summed E-state index contributed by atoms with van der Waals surface area (Å²) in [5.74, 6) is 0. The van der Waals surface area contributed by atoms with Gasteiger partial charge < -0.3 is 0 Å². The van der Waals surface area contributed by atoms with Crippen molar-refractivity contribution in [1.29, 1.82) is 0 Å². The van der Waals surface area contributed by atoms with Gasteiger partial charge in [-0.15, -0.1) is 3.89 Å². The van der Waals surface area contributed by atoms with Crippen LogP contribution in [0, 0.1) is 0 Å². The van der Waals surface area contributed by atoms with Crippen molar-refractivity contribution in [2.75, 3.05) is 0 Å². The number of hydrogen-bond donors (Lipinski definition) is 1. The van der Waals surface area contributed by atoms with E-state index in [2.05, 4.69) is 0 Å². The Bertz CT molecular complexity index is 61.9. The van der Waals surface area contributed by atoms with Crippen LogP contribution >= 0.6 is 0 Å². The molecule has 2 nitrogen and oxygen atoms in total. The van der Waals surface area contributed by atoms with E-state index in [9.17, 15) is 3.89 Å². The third-order valence-electron chi connectivity index (χ3n) is 0. The van der Waals surface area contributed by atoms with E-state index in [0.29, 0.717) is 0 Å². The molecular weight excluding hydrogens is 102 g/mol. The van der Waals surface area contributed by atoms with Gasteiger partial charge in [-0.05, 0) is 0 Å². The SMILES string of the molecule is O=[SH](=O)F.[Li][CH3]. The molecule has 34 valence electrons. The van der Waals surface area contributed by atoms with Crippen LogP contribution in [0.1, 0.15) is 0 Å². The number of halogens is 1. The van der Waals surface area contributed by atoms with Crippen LogP contribution in [0.3, 0.4) is 0 Å². The van der Waals surface area contributed by atoms with Crippen LogP contribution in [0.4, 0.5) is 3.89 Å². The summed E-state index contributed by atoms with van der Waals surface area (Å²) < 4.78 is 26.7. The third kappa shape index (κ3) is 238. The zero-order valence-corrected chi connectivity index (χ0v) is 4.54. The first-order valence-electron chi connectivity index (χ1n) is 1.53. The monoisotopic (exact) mass is 106 g/mol. The van der Waals surface area contributed by atoms with Crippen molar-refractivity contribution in [3.05, 3.63) is 0 Å². The van der Waals surface area contributed by atoms with Crippen molar-refractivity contribution in [2.24, 2.45) is 0 Å². The summed E-state index contributed by atoms with van der Waals surface area (Å²) in [4.78, 5) is 0. The van der Waals surface area contributed by atoms with Crippen molar-refractivity contribution in [3.63, 3.8) is 0 Å². The van der Waals surface area contributed by atoms with E-state index in [0.717, 1.165) is 0 Å². The predicted octanol–water partition coefficient (Wildman–Crippen LogP) is -0.315. The molecule has 0 fully saturated rings. The van der Waals surface area contributed by atoms with E-state index in [1.165, 1.54) is 0 Å². The number of thiol groups is 1. The molecule has 0 atom stereocenters. The molecule has 0 bridgehead atoms. The molecule has 0 aromatic rings. The van der Waals surface area contributed by atoms with E-state index < -0.39 is 11.1 Å². The van der Waals surface area contributed by atoms with Gasteiger partial charge in [-0.1, -0.05) is 0 Å².